The molecule has 0 radical (unpaired) electrons. The summed E-state index contributed by atoms with van der Waals surface area (Å²) >= 11 is 0. The van der Waals surface area contributed by atoms with Gasteiger partial charge in [-0.1, -0.05) is 12.8 Å². The van der Waals surface area contributed by atoms with Gasteiger partial charge < -0.3 is 14.5 Å². The van der Waals surface area contributed by atoms with Crippen LogP contribution in [0.25, 0.3) is 0 Å². The van der Waals surface area contributed by atoms with Crippen LogP contribution in [0.2, 0.25) is 0 Å². The van der Waals surface area contributed by atoms with Gasteiger partial charge >= 0.3 is 6.09 Å². The van der Waals surface area contributed by atoms with Gasteiger partial charge in [-0.2, -0.15) is 0 Å². The Kier molecular flexibility index (Phi) is 6.76. The van der Waals surface area contributed by atoms with Crippen molar-refractivity contribution in [3.8, 4) is 0 Å². The van der Waals surface area contributed by atoms with Crippen molar-refractivity contribution < 1.29 is 14.4 Å². The Labute approximate surface area is 122 Å². The minimum absolute atomic E-state index is 0.186. The van der Waals surface area contributed by atoms with Crippen molar-refractivity contribution >= 4 is 6.09 Å². The van der Waals surface area contributed by atoms with Crippen LogP contribution >= 0.6 is 0 Å². The second-order valence-electron chi connectivity index (χ2n) is 6.64. The molecule has 1 aliphatic rings. The van der Waals surface area contributed by atoms with Gasteiger partial charge in [-0.3, -0.25) is 0 Å². The van der Waals surface area contributed by atoms with Crippen molar-refractivity contribution in [2.75, 3.05) is 13.7 Å². The quantitative estimate of drug-likeness (QED) is 0.807. The average Bonchev–Trinajstić information content (AvgIpc) is 2.52. The van der Waals surface area contributed by atoms with Crippen LogP contribution < -0.4 is 5.48 Å². The molecule has 2 atom stereocenters. The number of amides is 1. The minimum atomic E-state index is -0.440. The molecule has 0 aromatic rings. The van der Waals surface area contributed by atoms with E-state index in [0.29, 0.717) is 0 Å². The van der Waals surface area contributed by atoms with E-state index in [1.54, 1.807) is 7.11 Å². The number of carbonyl (C=O) groups is 1. The third-order valence-electron chi connectivity index (χ3n) is 3.45. The molecule has 1 amide bonds. The Hall–Kier alpha value is -0.810. The van der Waals surface area contributed by atoms with Gasteiger partial charge in [0.15, 0.2) is 0 Å². The van der Waals surface area contributed by atoms with E-state index >= 15 is 0 Å². The van der Waals surface area contributed by atoms with E-state index in [1.165, 1.54) is 12.8 Å². The smallest absolute Gasteiger partial charge is 0.410 e. The molecule has 1 heterocycles. The molecule has 2 unspecified atom stereocenters. The lowest BCUT2D eigenvalue weighted by atomic mass is 10.0. The number of nitrogens with one attached hydrogen (secondary N) is 1. The lowest BCUT2D eigenvalue weighted by molar-refractivity contribution is 0.00991. The number of rotatable bonds is 4. The molecule has 0 aromatic heterocycles. The van der Waals surface area contributed by atoms with Crippen molar-refractivity contribution in [1.82, 2.24) is 10.4 Å². The number of nitrogens with zero attached hydrogens (tertiary/aromatic N) is 1. The highest BCUT2D eigenvalue weighted by Gasteiger charge is 2.30. The monoisotopic (exact) mass is 286 g/mol. The van der Waals surface area contributed by atoms with Gasteiger partial charge in [-0.15, -0.1) is 0 Å². The van der Waals surface area contributed by atoms with E-state index in [1.807, 2.05) is 25.7 Å². The Morgan fingerprint density at radius 3 is 2.65 bits per heavy atom. The van der Waals surface area contributed by atoms with Gasteiger partial charge in [-0.05, 0) is 47.0 Å². The van der Waals surface area contributed by atoms with Gasteiger partial charge in [0.05, 0.1) is 7.11 Å². The maximum atomic E-state index is 12.4. The zero-order valence-electron chi connectivity index (χ0n) is 13.6. The summed E-state index contributed by atoms with van der Waals surface area (Å²) in [7, 11) is 1.62. The Balaban J connectivity index is 2.68. The molecular formula is C15H30N2O3. The molecule has 20 heavy (non-hydrogen) atoms. The van der Waals surface area contributed by atoms with Crippen LogP contribution in [0.5, 0.6) is 0 Å². The van der Waals surface area contributed by atoms with Crippen molar-refractivity contribution in [3.63, 3.8) is 0 Å². The Morgan fingerprint density at radius 2 is 2.05 bits per heavy atom. The summed E-state index contributed by atoms with van der Waals surface area (Å²) in [4.78, 5) is 19.2. The highest BCUT2D eigenvalue weighted by atomic mass is 16.6. The van der Waals surface area contributed by atoms with Crippen LogP contribution in [0.1, 0.15) is 59.8 Å². The summed E-state index contributed by atoms with van der Waals surface area (Å²) in [6.07, 6.45) is 5.14. The SMILES string of the molecule is CONC(C)CC1CCCCCN1C(=O)OC(C)(C)C. The number of ether oxygens (including phenoxy) is 1. The third-order valence-corrected chi connectivity index (χ3v) is 3.45. The van der Waals surface area contributed by atoms with Gasteiger partial charge in [0.1, 0.15) is 5.60 Å². The van der Waals surface area contributed by atoms with E-state index in [9.17, 15) is 4.79 Å². The van der Waals surface area contributed by atoms with Crippen LogP contribution in [-0.2, 0) is 9.57 Å². The lowest BCUT2D eigenvalue weighted by Crippen LogP contribution is -2.45. The molecule has 0 saturated carbocycles. The summed E-state index contributed by atoms with van der Waals surface area (Å²) in [5, 5.41) is 0. The molecule has 1 saturated heterocycles. The maximum Gasteiger partial charge on any atom is 0.410 e. The minimum Gasteiger partial charge on any atom is -0.444 e. The van der Waals surface area contributed by atoms with Crippen molar-refractivity contribution in [2.45, 2.75) is 77.5 Å². The van der Waals surface area contributed by atoms with Crippen molar-refractivity contribution in [1.29, 1.82) is 0 Å². The van der Waals surface area contributed by atoms with Crippen molar-refractivity contribution in [3.05, 3.63) is 0 Å². The summed E-state index contributed by atoms with van der Waals surface area (Å²) in [6, 6.07) is 0.443. The molecule has 0 aliphatic carbocycles. The lowest BCUT2D eigenvalue weighted by Gasteiger charge is -2.33. The molecular weight excluding hydrogens is 256 g/mol. The van der Waals surface area contributed by atoms with Crippen LogP contribution in [0.15, 0.2) is 0 Å². The zero-order valence-corrected chi connectivity index (χ0v) is 13.6. The van der Waals surface area contributed by atoms with Gasteiger partial charge in [0.25, 0.3) is 0 Å². The fourth-order valence-corrected chi connectivity index (χ4v) is 2.64. The molecule has 118 valence electrons. The summed E-state index contributed by atoms with van der Waals surface area (Å²) in [5.74, 6) is 0. The Morgan fingerprint density at radius 1 is 1.35 bits per heavy atom. The molecule has 0 aromatic carbocycles. The fraction of sp³-hybridized carbons (Fsp3) is 0.933. The highest BCUT2D eigenvalue weighted by Crippen LogP contribution is 2.23. The number of likely N-dealkylation sites (tertiary alicyclic amines) is 1. The molecule has 5 nitrogen and oxygen atoms in total. The molecule has 0 spiro atoms. The first kappa shape index (κ1) is 17.2. The first-order valence-electron chi connectivity index (χ1n) is 7.61. The van der Waals surface area contributed by atoms with Gasteiger partial charge in [0, 0.05) is 18.6 Å². The summed E-state index contributed by atoms with van der Waals surface area (Å²) in [6.45, 7) is 8.59. The summed E-state index contributed by atoms with van der Waals surface area (Å²) in [5.41, 5.74) is 2.50. The fourth-order valence-electron chi connectivity index (χ4n) is 2.64. The first-order valence-corrected chi connectivity index (χ1v) is 7.61. The Bertz CT molecular complexity index is 302. The first-order chi connectivity index (χ1) is 9.33. The van der Waals surface area contributed by atoms with Crippen LogP contribution in [-0.4, -0.2) is 42.3 Å². The molecule has 1 N–H and O–H groups in total. The maximum absolute atomic E-state index is 12.4. The van der Waals surface area contributed by atoms with E-state index in [-0.39, 0.29) is 18.2 Å². The molecule has 5 heteroatoms. The van der Waals surface area contributed by atoms with E-state index in [4.69, 9.17) is 9.57 Å². The number of hydroxylamine groups is 1. The summed E-state index contributed by atoms with van der Waals surface area (Å²) < 4.78 is 5.54. The second kappa shape index (κ2) is 7.84. The van der Waals surface area contributed by atoms with E-state index in [2.05, 4.69) is 12.4 Å². The van der Waals surface area contributed by atoms with Crippen LogP contribution in [0, 0.1) is 0 Å². The second-order valence-corrected chi connectivity index (χ2v) is 6.64. The van der Waals surface area contributed by atoms with Crippen LogP contribution in [0.4, 0.5) is 4.79 Å². The van der Waals surface area contributed by atoms with Crippen molar-refractivity contribution in [2.24, 2.45) is 0 Å². The van der Waals surface area contributed by atoms with Crippen LogP contribution in [0.3, 0.4) is 0 Å². The largest absolute Gasteiger partial charge is 0.444 e. The van der Waals surface area contributed by atoms with E-state index in [0.717, 1.165) is 25.8 Å². The topological polar surface area (TPSA) is 50.8 Å². The standard InChI is InChI=1S/C15H30N2O3/c1-12(16-19-5)11-13-9-7-6-8-10-17(13)14(18)20-15(2,3)4/h12-13,16H,6-11H2,1-5H3. The normalized spacial score (nSPS) is 22.2. The highest BCUT2D eigenvalue weighted by molar-refractivity contribution is 5.68. The molecule has 1 aliphatic heterocycles. The zero-order chi connectivity index (χ0) is 15.2. The van der Waals surface area contributed by atoms with Gasteiger partial charge in [0.2, 0.25) is 0 Å². The number of hydrogen-bond donors (Lipinski definition) is 1. The number of carbonyl (C=O) groups excluding carboxylic acids is 1. The van der Waals surface area contributed by atoms with E-state index < -0.39 is 5.60 Å². The average molecular weight is 286 g/mol. The predicted octanol–water partition coefficient (Wildman–Crippen LogP) is 3.10. The third kappa shape index (κ3) is 6.09. The van der Waals surface area contributed by atoms with Gasteiger partial charge in [-0.25, -0.2) is 10.3 Å². The molecule has 1 rings (SSSR count). The molecule has 1 fully saturated rings. The predicted molar refractivity (Wildman–Crippen MR) is 79.4 cm³/mol. The number of hydrogen-bond acceptors (Lipinski definition) is 4. The molecule has 0 bridgehead atoms.